The number of rotatable bonds is 7. The highest BCUT2D eigenvalue weighted by atomic mass is 16.2. The summed E-state index contributed by atoms with van der Waals surface area (Å²) in [5.41, 5.74) is 1.86. The van der Waals surface area contributed by atoms with E-state index in [9.17, 15) is 4.79 Å². The monoisotopic (exact) mass is 333 g/mol. The fraction of sp³-hybridized carbons (Fsp3) is 0.556. The Morgan fingerprint density at radius 3 is 2.29 bits per heavy atom. The van der Waals surface area contributed by atoms with Gasteiger partial charge in [-0.15, -0.1) is 0 Å². The molecule has 0 aliphatic rings. The molecule has 0 saturated heterocycles. The van der Waals surface area contributed by atoms with Crippen LogP contribution in [0.2, 0.25) is 0 Å². The Hall–Kier alpha value is -2.24. The molecule has 0 unspecified atom stereocenters. The van der Waals surface area contributed by atoms with Crippen LogP contribution in [-0.4, -0.2) is 31.1 Å². The molecule has 0 saturated carbocycles. The predicted molar refractivity (Wildman–Crippen MR) is 101 cm³/mol. The molecule has 0 aromatic heterocycles. The average molecular weight is 333 g/mol. The van der Waals surface area contributed by atoms with Crippen molar-refractivity contribution >= 4 is 17.7 Å². The fourth-order valence-corrected chi connectivity index (χ4v) is 1.94. The SMILES string of the molecule is CCNC(=NCc1ccc(NC(=O)NC(C)C)cc1)NCC(C)C. The molecule has 2 amide bonds. The van der Waals surface area contributed by atoms with E-state index in [1.54, 1.807) is 0 Å². The normalized spacial score (nSPS) is 11.5. The molecule has 0 radical (unpaired) electrons. The number of benzene rings is 1. The van der Waals surface area contributed by atoms with Gasteiger partial charge in [0.2, 0.25) is 0 Å². The summed E-state index contributed by atoms with van der Waals surface area (Å²) >= 11 is 0. The van der Waals surface area contributed by atoms with Crippen molar-refractivity contribution < 1.29 is 4.79 Å². The number of hydrogen-bond acceptors (Lipinski definition) is 2. The summed E-state index contributed by atoms with van der Waals surface area (Å²) in [6, 6.07) is 7.64. The highest BCUT2D eigenvalue weighted by molar-refractivity contribution is 5.89. The second-order valence-corrected chi connectivity index (χ2v) is 6.42. The summed E-state index contributed by atoms with van der Waals surface area (Å²) in [5, 5.41) is 12.2. The van der Waals surface area contributed by atoms with Crippen molar-refractivity contribution in [3.63, 3.8) is 0 Å². The molecule has 1 aromatic rings. The van der Waals surface area contributed by atoms with E-state index in [2.05, 4.69) is 47.0 Å². The zero-order chi connectivity index (χ0) is 17.9. The average Bonchev–Trinajstić information content (AvgIpc) is 2.50. The van der Waals surface area contributed by atoms with Crippen LogP contribution in [0, 0.1) is 5.92 Å². The number of anilines is 1. The Kier molecular flexibility index (Phi) is 8.68. The van der Waals surface area contributed by atoms with Gasteiger partial charge in [-0.1, -0.05) is 26.0 Å². The van der Waals surface area contributed by atoms with E-state index in [0.29, 0.717) is 12.5 Å². The van der Waals surface area contributed by atoms with Gasteiger partial charge in [-0.25, -0.2) is 9.79 Å². The van der Waals surface area contributed by atoms with Crippen molar-refractivity contribution in [3.05, 3.63) is 29.8 Å². The first-order valence-corrected chi connectivity index (χ1v) is 8.59. The van der Waals surface area contributed by atoms with Crippen molar-refractivity contribution in [3.8, 4) is 0 Å². The van der Waals surface area contributed by atoms with E-state index >= 15 is 0 Å². The Morgan fingerprint density at radius 2 is 1.75 bits per heavy atom. The fourth-order valence-electron chi connectivity index (χ4n) is 1.94. The number of aliphatic imine (C=N–C) groups is 1. The summed E-state index contributed by atoms with van der Waals surface area (Å²) in [7, 11) is 0. The Bertz CT molecular complexity index is 523. The van der Waals surface area contributed by atoms with Gasteiger partial charge in [0.1, 0.15) is 0 Å². The molecule has 6 heteroatoms. The zero-order valence-corrected chi connectivity index (χ0v) is 15.4. The van der Waals surface area contributed by atoms with Crippen LogP contribution in [0.1, 0.15) is 40.2 Å². The van der Waals surface area contributed by atoms with Crippen LogP contribution in [-0.2, 0) is 6.54 Å². The van der Waals surface area contributed by atoms with E-state index < -0.39 is 0 Å². The first-order chi connectivity index (χ1) is 11.4. The van der Waals surface area contributed by atoms with Gasteiger partial charge in [-0.3, -0.25) is 0 Å². The molecule has 1 rings (SSSR count). The number of nitrogens with one attached hydrogen (secondary N) is 4. The van der Waals surface area contributed by atoms with Gasteiger partial charge in [0.05, 0.1) is 6.54 Å². The van der Waals surface area contributed by atoms with Gasteiger partial charge >= 0.3 is 6.03 Å². The molecule has 4 N–H and O–H groups in total. The summed E-state index contributed by atoms with van der Waals surface area (Å²) < 4.78 is 0. The van der Waals surface area contributed by atoms with Crippen molar-refractivity contribution in [1.82, 2.24) is 16.0 Å². The minimum Gasteiger partial charge on any atom is -0.357 e. The molecule has 6 nitrogen and oxygen atoms in total. The lowest BCUT2D eigenvalue weighted by molar-refractivity contribution is 0.250. The van der Waals surface area contributed by atoms with Crippen LogP contribution in [0.25, 0.3) is 0 Å². The largest absolute Gasteiger partial charge is 0.357 e. The van der Waals surface area contributed by atoms with Crippen molar-refractivity contribution in [2.45, 2.75) is 47.2 Å². The second-order valence-electron chi connectivity index (χ2n) is 6.42. The predicted octanol–water partition coefficient (Wildman–Crippen LogP) is 2.93. The Balaban J connectivity index is 2.58. The molecule has 134 valence electrons. The number of amides is 2. The van der Waals surface area contributed by atoms with Crippen LogP contribution in [0.15, 0.2) is 29.3 Å². The lowest BCUT2D eigenvalue weighted by Crippen LogP contribution is -2.39. The van der Waals surface area contributed by atoms with Crippen molar-refractivity contribution in [1.29, 1.82) is 0 Å². The number of carbonyl (C=O) groups excluding carboxylic acids is 1. The number of guanidine groups is 1. The first-order valence-electron chi connectivity index (χ1n) is 8.59. The number of urea groups is 1. The smallest absolute Gasteiger partial charge is 0.319 e. The van der Waals surface area contributed by atoms with Gasteiger partial charge in [-0.2, -0.15) is 0 Å². The van der Waals surface area contributed by atoms with Gasteiger partial charge < -0.3 is 21.3 Å². The molecule has 0 heterocycles. The molecule has 0 fully saturated rings. The summed E-state index contributed by atoms with van der Waals surface area (Å²) in [6.07, 6.45) is 0. The van der Waals surface area contributed by atoms with Crippen LogP contribution < -0.4 is 21.3 Å². The van der Waals surface area contributed by atoms with Crippen molar-refractivity contribution in [2.75, 3.05) is 18.4 Å². The highest BCUT2D eigenvalue weighted by Gasteiger charge is 2.03. The Labute approximate surface area is 145 Å². The van der Waals surface area contributed by atoms with Gasteiger partial charge in [0, 0.05) is 24.8 Å². The quantitative estimate of drug-likeness (QED) is 0.458. The van der Waals surface area contributed by atoms with Gasteiger partial charge in [0.25, 0.3) is 0 Å². The minimum atomic E-state index is -0.192. The topological polar surface area (TPSA) is 77.5 Å². The second kappa shape index (κ2) is 10.5. The summed E-state index contributed by atoms with van der Waals surface area (Å²) in [5.74, 6) is 1.39. The van der Waals surface area contributed by atoms with Crippen LogP contribution in [0.3, 0.4) is 0 Å². The molecule has 0 atom stereocenters. The third kappa shape index (κ3) is 8.41. The van der Waals surface area contributed by atoms with Gasteiger partial charge in [-0.05, 0) is 44.4 Å². The standard InChI is InChI=1S/C18H31N5O/c1-6-19-17(20-11-13(2)3)21-12-15-7-9-16(10-8-15)23-18(24)22-14(4)5/h7-10,13-14H,6,11-12H2,1-5H3,(H2,19,20,21)(H2,22,23,24). The molecule has 24 heavy (non-hydrogen) atoms. The summed E-state index contributed by atoms with van der Waals surface area (Å²) in [6.45, 7) is 12.5. The number of nitrogens with zero attached hydrogens (tertiary/aromatic N) is 1. The van der Waals surface area contributed by atoms with E-state index in [-0.39, 0.29) is 12.1 Å². The van der Waals surface area contributed by atoms with Crippen LogP contribution >= 0.6 is 0 Å². The lowest BCUT2D eigenvalue weighted by Gasteiger charge is -2.13. The van der Waals surface area contributed by atoms with Crippen molar-refractivity contribution in [2.24, 2.45) is 10.9 Å². The molecule has 0 bridgehead atoms. The minimum absolute atomic E-state index is 0.112. The van der Waals surface area contributed by atoms with Gasteiger partial charge in [0.15, 0.2) is 5.96 Å². The number of carbonyl (C=O) groups is 1. The summed E-state index contributed by atoms with van der Waals surface area (Å²) in [4.78, 5) is 16.2. The number of hydrogen-bond donors (Lipinski definition) is 4. The third-order valence-electron chi connectivity index (χ3n) is 3.07. The Morgan fingerprint density at radius 1 is 1.08 bits per heavy atom. The highest BCUT2D eigenvalue weighted by Crippen LogP contribution is 2.10. The molecule has 0 spiro atoms. The maximum atomic E-state index is 11.7. The lowest BCUT2D eigenvalue weighted by atomic mass is 10.2. The first kappa shape index (κ1) is 19.8. The van der Waals surface area contributed by atoms with E-state index in [4.69, 9.17) is 0 Å². The molecule has 1 aromatic carbocycles. The van der Waals surface area contributed by atoms with Crippen LogP contribution in [0.4, 0.5) is 10.5 Å². The van der Waals surface area contributed by atoms with Crippen LogP contribution in [0.5, 0.6) is 0 Å². The van der Waals surface area contributed by atoms with E-state index in [1.165, 1.54) is 0 Å². The molecular weight excluding hydrogens is 302 g/mol. The molecule has 0 aliphatic carbocycles. The molecular formula is C18H31N5O. The third-order valence-corrected chi connectivity index (χ3v) is 3.07. The zero-order valence-electron chi connectivity index (χ0n) is 15.4. The maximum absolute atomic E-state index is 11.7. The van der Waals surface area contributed by atoms with E-state index in [0.717, 1.165) is 30.3 Å². The maximum Gasteiger partial charge on any atom is 0.319 e. The molecule has 0 aliphatic heterocycles. The van der Waals surface area contributed by atoms with E-state index in [1.807, 2.05) is 38.1 Å².